The first kappa shape index (κ1) is 19.3. The van der Waals surface area contributed by atoms with Crippen molar-refractivity contribution in [1.82, 2.24) is 4.90 Å². The SMILES string of the molecule is CC1C=C(B2OC(C)(C)C(C)(C)O2)C[C@@H](C)N1C(=O)OC(C)(C)C. The maximum Gasteiger partial charge on any atom is 0.490 e. The van der Waals surface area contributed by atoms with Crippen molar-refractivity contribution < 1.29 is 18.8 Å². The summed E-state index contributed by atoms with van der Waals surface area (Å²) in [6.07, 6.45) is 2.53. The minimum atomic E-state index is -0.494. The molecule has 0 saturated carbocycles. The van der Waals surface area contributed by atoms with Gasteiger partial charge in [0.25, 0.3) is 0 Å². The molecule has 0 aromatic rings. The van der Waals surface area contributed by atoms with Gasteiger partial charge in [-0.25, -0.2) is 4.79 Å². The fourth-order valence-corrected chi connectivity index (χ4v) is 3.13. The van der Waals surface area contributed by atoms with Gasteiger partial charge in [0.15, 0.2) is 0 Å². The summed E-state index contributed by atoms with van der Waals surface area (Å²) in [4.78, 5) is 14.3. The number of ether oxygens (including phenoxy) is 1. The lowest BCUT2D eigenvalue weighted by Gasteiger charge is -2.39. The van der Waals surface area contributed by atoms with Gasteiger partial charge in [0, 0.05) is 6.04 Å². The van der Waals surface area contributed by atoms with E-state index in [9.17, 15) is 4.79 Å². The molecule has 2 atom stereocenters. The zero-order chi connectivity index (χ0) is 18.5. The molecule has 1 amide bonds. The molecule has 0 bridgehead atoms. The topological polar surface area (TPSA) is 48.0 Å². The quantitative estimate of drug-likeness (QED) is 0.680. The smallest absolute Gasteiger partial charge is 0.444 e. The summed E-state index contributed by atoms with van der Waals surface area (Å²) < 4.78 is 17.8. The maximum absolute atomic E-state index is 12.5. The van der Waals surface area contributed by atoms with Gasteiger partial charge in [0.1, 0.15) is 5.60 Å². The fourth-order valence-electron chi connectivity index (χ4n) is 3.13. The van der Waals surface area contributed by atoms with E-state index >= 15 is 0 Å². The van der Waals surface area contributed by atoms with Crippen LogP contribution in [0.25, 0.3) is 0 Å². The van der Waals surface area contributed by atoms with Crippen molar-refractivity contribution in [2.45, 2.75) is 97.6 Å². The van der Waals surface area contributed by atoms with Crippen LogP contribution in [0.3, 0.4) is 0 Å². The molecule has 2 aliphatic heterocycles. The fraction of sp³-hybridized carbons (Fsp3) is 0.833. The molecule has 0 spiro atoms. The second kappa shape index (κ2) is 6.06. The van der Waals surface area contributed by atoms with Gasteiger partial charge in [0.2, 0.25) is 0 Å². The summed E-state index contributed by atoms with van der Waals surface area (Å²) in [6, 6.07) is -0.0218. The lowest BCUT2D eigenvalue weighted by molar-refractivity contribution is 0.00578. The van der Waals surface area contributed by atoms with Crippen molar-refractivity contribution in [2.24, 2.45) is 0 Å². The van der Waals surface area contributed by atoms with E-state index < -0.39 is 5.60 Å². The molecule has 5 nitrogen and oxygen atoms in total. The first-order valence-corrected chi connectivity index (χ1v) is 8.81. The first-order valence-electron chi connectivity index (χ1n) is 8.81. The Morgan fingerprint density at radius 3 is 2.12 bits per heavy atom. The van der Waals surface area contributed by atoms with Crippen molar-refractivity contribution in [3.05, 3.63) is 11.5 Å². The molecule has 0 N–H and O–H groups in total. The van der Waals surface area contributed by atoms with Crippen LogP contribution < -0.4 is 0 Å². The first-order chi connectivity index (χ1) is 10.7. The Morgan fingerprint density at radius 1 is 1.21 bits per heavy atom. The molecule has 2 rings (SSSR count). The van der Waals surface area contributed by atoms with E-state index in [4.69, 9.17) is 14.0 Å². The van der Waals surface area contributed by atoms with Crippen LogP contribution in [0.1, 0.15) is 68.7 Å². The van der Waals surface area contributed by atoms with Gasteiger partial charge < -0.3 is 14.0 Å². The summed E-state index contributed by atoms with van der Waals surface area (Å²) >= 11 is 0. The highest BCUT2D eigenvalue weighted by Crippen LogP contribution is 2.40. The number of carbonyl (C=O) groups is 1. The van der Waals surface area contributed by atoms with Crippen molar-refractivity contribution in [1.29, 1.82) is 0 Å². The van der Waals surface area contributed by atoms with Crippen molar-refractivity contribution in [2.75, 3.05) is 0 Å². The van der Waals surface area contributed by atoms with Crippen molar-refractivity contribution in [3.63, 3.8) is 0 Å². The van der Waals surface area contributed by atoms with Crippen LogP contribution in [0.2, 0.25) is 0 Å². The van der Waals surface area contributed by atoms with Crippen LogP contribution in [-0.2, 0) is 14.0 Å². The van der Waals surface area contributed by atoms with Gasteiger partial charge in [0.05, 0.1) is 17.2 Å². The van der Waals surface area contributed by atoms with Crippen molar-refractivity contribution in [3.8, 4) is 0 Å². The predicted octanol–water partition coefficient (Wildman–Crippen LogP) is 3.96. The molecule has 1 fully saturated rings. The van der Waals surface area contributed by atoms with Crippen LogP contribution in [0, 0.1) is 0 Å². The maximum atomic E-state index is 12.5. The molecule has 6 heteroatoms. The Kier molecular flexibility index (Phi) is 4.88. The van der Waals surface area contributed by atoms with Crippen molar-refractivity contribution >= 4 is 13.2 Å². The standard InChI is InChI=1S/C18H32BNO4/c1-12-10-14(19-23-17(6,7)18(8,9)24-19)11-13(2)20(12)15(21)22-16(3,4)5/h10,12-13H,11H2,1-9H3/t12?,13-/m1/s1. The Labute approximate surface area is 146 Å². The van der Waals surface area contributed by atoms with Gasteiger partial charge >= 0.3 is 13.2 Å². The van der Waals surface area contributed by atoms with E-state index in [0.717, 1.165) is 11.9 Å². The second-order valence-corrected chi connectivity index (χ2v) is 9.01. The van der Waals surface area contributed by atoms with Crippen LogP contribution >= 0.6 is 0 Å². The molecule has 2 heterocycles. The Hall–Kier alpha value is -1.01. The van der Waals surface area contributed by atoms with Gasteiger partial charge in [-0.05, 0) is 74.2 Å². The monoisotopic (exact) mass is 337 g/mol. The van der Waals surface area contributed by atoms with E-state index in [0.29, 0.717) is 0 Å². The zero-order valence-corrected chi connectivity index (χ0v) is 16.6. The molecule has 0 aromatic heterocycles. The van der Waals surface area contributed by atoms with Crippen LogP contribution in [0.5, 0.6) is 0 Å². The molecular weight excluding hydrogens is 305 g/mol. The van der Waals surface area contributed by atoms with Crippen LogP contribution in [0.15, 0.2) is 11.5 Å². The van der Waals surface area contributed by atoms with E-state index in [1.165, 1.54) is 0 Å². The van der Waals surface area contributed by atoms with Gasteiger partial charge in [-0.3, -0.25) is 4.90 Å². The number of hydrogen-bond acceptors (Lipinski definition) is 4. The lowest BCUT2D eigenvalue weighted by Crippen LogP contribution is -2.50. The third-order valence-corrected chi connectivity index (χ3v) is 5.06. The molecular formula is C18H32BNO4. The van der Waals surface area contributed by atoms with Gasteiger partial charge in [-0.2, -0.15) is 0 Å². The highest BCUT2D eigenvalue weighted by Gasteiger charge is 2.53. The number of amides is 1. The van der Waals surface area contributed by atoms with E-state index in [1.807, 2.05) is 34.6 Å². The minimum absolute atomic E-state index is 0.0360. The zero-order valence-electron chi connectivity index (χ0n) is 16.6. The molecule has 0 aliphatic carbocycles. The summed E-state index contributed by atoms with van der Waals surface area (Å²) in [5, 5.41) is 0. The average molecular weight is 337 g/mol. The number of nitrogens with zero attached hydrogens (tertiary/aromatic N) is 1. The van der Waals surface area contributed by atoms with Crippen LogP contribution in [-0.4, -0.2) is 47.0 Å². The summed E-state index contributed by atoms with van der Waals surface area (Å²) in [5.41, 5.74) is -0.0965. The number of carbonyl (C=O) groups excluding carboxylic acids is 1. The second-order valence-electron chi connectivity index (χ2n) is 9.01. The highest BCUT2D eigenvalue weighted by atomic mass is 16.7. The number of rotatable bonds is 1. The van der Waals surface area contributed by atoms with Crippen LogP contribution in [0.4, 0.5) is 4.79 Å². The summed E-state index contributed by atoms with van der Waals surface area (Å²) in [5.74, 6) is 0. The summed E-state index contributed by atoms with van der Waals surface area (Å²) in [7, 11) is -0.347. The molecule has 1 unspecified atom stereocenters. The predicted molar refractivity (Wildman–Crippen MR) is 95.8 cm³/mol. The molecule has 1 saturated heterocycles. The minimum Gasteiger partial charge on any atom is -0.444 e. The molecule has 24 heavy (non-hydrogen) atoms. The Morgan fingerprint density at radius 2 is 1.71 bits per heavy atom. The van der Waals surface area contributed by atoms with Gasteiger partial charge in [-0.1, -0.05) is 6.08 Å². The lowest BCUT2D eigenvalue weighted by atomic mass is 9.72. The highest BCUT2D eigenvalue weighted by molar-refractivity contribution is 6.54. The molecule has 2 aliphatic rings. The van der Waals surface area contributed by atoms with E-state index in [-0.39, 0.29) is 36.5 Å². The van der Waals surface area contributed by atoms with Gasteiger partial charge in [-0.15, -0.1) is 0 Å². The van der Waals surface area contributed by atoms with E-state index in [1.54, 1.807) is 4.90 Å². The third-order valence-electron chi connectivity index (χ3n) is 5.06. The average Bonchev–Trinajstić information content (AvgIpc) is 2.55. The molecule has 0 aromatic carbocycles. The number of hydrogen-bond donors (Lipinski definition) is 0. The van der Waals surface area contributed by atoms with E-state index in [2.05, 4.69) is 33.8 Å². The normalized spacial score (nSPS) is 29.5. The summed E-state index contributed by atoms with van der Waals surface area (Å²) in [6.45, 7) is 17.9. The third kappa shape index (κ3) is 3.80. The Bertz CT molecular complexity index is 520. The largest absolute Gasteiger partial charge is 0.490 e. The molecule has 136 valence electrons. The Balaban J connectivity index is 2.15. The molecule has 0 radical (unpaired) electrons.